The first kappa shape index (κ1) is 21.9. The molecule has 0 saturated heterocycles. The number of halogens is 1. The van der Waals surface area contributed by atoms with Crippen LogP contribution in [0, 0.1) is 5.41 Å². The van der Waals surface area contributed by atoms with Crippen LogP contribution < -0.4 is 10.3 Å². The molecule has 1 aromatic rings. The van der Waals surface area contributed by atoms with Gasteiger partial charge in [0.05, 0.1) is 17.2 Å². The van der Waals surface area contributed by atoms with Gasteiger partial charge in [0.25, 0.3) is 5.56 Å². The van der Waals surface area contributed by atoms with Crippen LogP contribution in [0.25, 0.3) is 0 Å². The van der Waals surface area contributed by atoms with E-state index in [0.29, 0.717) is 12.4 Å². The van der Waals surface area contributed by atoms with E-state index in [9.17, 15) is 14.4 Å². The van der Waals surface area contributed by atoms with Crippen molar-refractivity contribution in [2.45, 2.75) is 64.5 Å². The smallest absolute Gasteiger partial charge is 0.325 e. The molecule has 0 radical (unpaired) electrons. The van der Waals surface area contributed by atoms with E-state index >= 15 is 0 Å². The lowest BCUT2D eigenvalue weighted by Crippen LogP contribution is -2.48. The van der Waals surface area contributed by atoms with Gasteiger partial charge in [-0.3, -0.25) is 14.4 Å². The number of amides is 1. The molecular weight excluding hydrogens is 440 g/mol. The Hall–Kier alpha value is -1.83. The van der Waals surface area contributed by atoms with Gasteiger partial charge in [-0.15, -0.1) is 0 Å². The number of aromatic nitrogens is 1. The molecule has 0 unspecified atom stereocenters. The van der Waals surface area contributed by atoms with Crippen molar-refractivity contribution < 1.29 is 19.1 Å². The highest BCUT2D eigenvalue weighted by Gasteiger charge is 2.49. The highest BCUT2D eigenvalue weighted by molar-refractivity contribution is 9.10. The summed E-state index contributed by atoms with van der Waals surface area (Å²) in [5, 5.41) is 0. The van der Waals surface area contributed by atoms with Crippen LogP contribution in [0.3, 0.4) is 0 Å². The Morgan fingerprint density at radius 1 is 1.28 bits per heavy atom. The molecule has 8 heteroatoms. The molecular formula is C21H29BrN2O5. The first-order valence-electron chi connectivity index (χ1n) is 10.2. The summed E-state index contributed by atoms with van der Waals surface area (Å²) in [7, 11) is 1.69. The minimum atomic E-state index is -0.354. The fourth-order valence-corrected chi connectivity index (χ4v) is 4.30. The predicted octanol–water partition coefficient (Wildman–Crippen LogP) is 3.03. The van der Waals surface area contributed by atoms with Crippen molar-refractivity contribution in [2.24, 2.45) is 12.5 Å². The van der Waals surface area contributed by atoms with E-state index < -0.39 is 0 Å². The number of nitrogens with zero attached hydrogens (tertiary/aromatic N) is 2. The number of pyridine rings is 1. The number of hydrogen-bond acceptors (Lipinski definition) is 5. The van der Waals surface area contributed by atoms with E-state index in [1.165, 1.54) is 10.6 Å². The van der Waals surface area contributed by atoms with Gasteiger partial charge in [0, 0.05) is 30.8 Å². The van der Waals surface area contributed by atoms with Crippen LogP contribution in [-0.2, 0) is 21.4 Å². The topological polar surface area (TPSA) is 77.8 Å². The first-order valence-corrected chi connectivity index (χ1v) is 11.0. The maximum absolute atomic E-state index is 13.0. The number of rotatable bonds is 7. The zero-order chi connectivity index (χ0) is 21.2. The normalized spacial score (nSPS) is 22.6. The van der Waals surface area contributed by atoms with Crippen LogP contribution in [0.15, 0.2) is 21.5 Å². The maximum Gasteiger partial charge on any atom is 0.325 e. The number of carbonyl (C=O) groups is 2. The van der Waals surface area contributed by atoms with Gasteiger partial charge in [0.1, 0.15) is 12.3 Å². The monoisotopic (exact) mass is 468 g/mol. The molecule has 0 spiro atoms. The summed E-state index contributed by atoms with van der Waals surface area (Å²) in [6, 6.07) is 1.50. The Labute approximate surface area is 179 Å². The van der Waals surface area contributed by atoms with E-state index in [1.54, 1.807) is 25.1 Å². The summed E-state index contributed by atoms with van der Waals surface area (Å²) >= 11 is 3.44. The molecule has 0 N–H and O–H groups in total. The summed E-state index contributed by atoms with van der Waals surface area (Å²) in [5.74, 6) is 0.248. The predicted molar refractivity (Wildman–Crippen MR) is 112 cm³/mol. The molecule has 2 aliphatic carbocycles. The number of carbonyl (C=O) groups excluding carboxylic acids is 2. The fraction of sp³-hybridized carbons (Fsp3) is 0.667. The molecule has 0 aromatic carbocycles. The van der Waals surface area contributed by atoms with Crippen molar-refractivity contribution in [2.75, 3.05) is 13.2 Å². The van der Waals surface area contributed by atoms with Gasteiger partial charge >= 0.3 is 5.97 Å². The van der Waals surface area contributed by atoms with Crippen molar-refractivity contribution in [1.82, 2.24) is 9.47 Å². The van der Waals surface area contributed by atoms with Gasteiger partial charge in [-0.25, -0.2) is 0 Å². The highest BCUT2D eigenvalue weighted by Crippen LogP contribution is 2.47. The van der Waals surface area contributed by atoms with Crippen LogP contribution in [0.1, 0.15) is 52.4 Å². The van der Waals surface area contributed by atoms with E-state index in [-0.39, 0.29) is 41.5 Å². The van der Waals surface area contributed by atoms with Crippen LogP contribution in [0.4, 0.5) is 0 Å². The molecule has 29 heavy (non-hydrogen) atoms. The lowest BCUT2D eigenvalue weighted by Gasteiger charge is -2.37. The summed E-state index contributed by atoms with van der Waals surface area (Å²) in [6.07, 6.45) is 6.46. The second-order valence-corrected chi connectivity index (χ2v) is 9.14. The minimum Gasteiger partial charge on any atom is -0.489 e. The zero-order valence-corrected chi connectivity index (χ0v) is 18.9. The fourth-order valence-electron chi connectivity index (χ4n) is 3.79. The Morgan fingerprint density at radius 3 is 2.52 bits per heavy atom. The van der Waals surface area contributed by atoms with Gasteiger partial charge in [-0.05, 0) is 61.4 Å². The van der Waals surface area contributed by atoms with Crippen LogP contribution in [0.2, 0.25) is 0 Å². The zero-order valence-electron chi connectivity index (χ0n) is 17.3. The third-order valence-corrected chi connectivity index (χ3v) is 6.50. The Morgan fingerprint density at radius 2 is 1.93 bits per heavy atom. The largest absolute Gasteiger partial charge is 0.489 e. The minimum absolute atomic E-state index is 0.0104. The molecule has 2 saturated carbocycles. The molecule has 2 fully saturated rings. The lowest BCUT2D eigenvalue weighted by atomic mass is 9.90. The molecule has 0 aliphatic heterocycles. The maximum atomic E-state index is 13.0. The standard InChI is InChI=1S/C21H29BrN2O5/c1-4-28-19(26)13-24(20(27)21(2)9-10-21)14-5-7-15(8-6-14)29-17-11-18(25)23(3)12-16(17)22/h11-12,14-15H,4-10,13H2,1-3H3/t14-,15-. The van der Waals surface area contributed by atoms with Crippen molar-refractivity contribution in [3.05, 3.63) is 27.1 Å². The van der Waals surface area contributed by atoms with E-state index in [0.717, 1.165) is 43.0 Å². The molecule has 2 aliphatic rings. The third kappa shape index (κ3) is 5.21. The molecule has 160 valence electrons. The van der Waals surface area contributed by atoms with E-state index in [4.69, 9.17) is 9.47 Å². The van der Waals surface area contributed by atoms with Gasteiger partial charge in [0.15, 0.2) is 0 Å². The number of aryl methyl sites for hydroxylation is 1. The summed E-state index contributed by atoms with van der Waals surface area (Å²) in [5.41, 5.74) is -0.449. The van der Waals surface area contributed by atoms with Gasteiger partial charge in [0.2, 0.25) is 5.91 Å². The van der Waals surface area contributed by atoms with E-state index in [1.807, 2.05) is 6.92 Å². The Bertz CT molecular complexity index is 825. The summed E-state index contributed by atoms with van der Waals surface area (Å²) in [4.78, 5) is 38.7. The molecule has 1 heterocycles. The molecule has 1 aromatic heterocycles. The average molecular weight is 469 g/mol. The van der Waals surface area contributed by atoms with Gasteiger partial charge in [-0.1, -0.05) is 6.92 Å². The van der Waals surface area contributed by atoms with E-state index in [2.05, 4.69) is 15.9 Å². The van der Waals surface area contributed by atoms with Crippen molar-refractivity contribution in [1.29, 1.82) is 0 Å². The van der Waals surface area contributed by atoms with Crippen LogP contribution in [0.5, 0.6) is 5.75 Å². The van der Waals surface area contributed by atoms with Crippen molar-refractivity contribution >= 4 is 27.8 Å². The molecule has 0 atom stereocenters. The number of esters is 1. The summed E-state index contributed by atoms with van der Waals surface area (Å²) < 4.78 is 13.4. The third-order valence-electron chi connectivity index (χ3n) is 5.90. The molecule has 7 nitrogen and oxygen atoms in total. The SMILES string of the molecule is CCOC(=O)CN(C(=O)C1(C)CC1)[C@H]1CC[C@H](Oc2cc(=O)n(C)cc2Br)CC1. The van der Waals surface area contributed by atoms with Crippen LogP contribution in [-0.4, -0.2) is 46.6 Å². The number of hydrogen-bond donors (Lipinski definition) is 0. The van der Waals surface area contributed by atoms with Gasteiger partial charge in [-0.2, -0.15) is 0 Å². The second kappa shape index (κ2) is 8.90. The van der Waals surface area contributed by atoms with Crippen molar-refractivity contribution in [3.8, 4) is 5.75 Å². The summed E-state index contributed by atoms with van der Waals surface area (Å²) in [6.45, 7) is 4.06. The van der Waals surface area contributed by atoms with Gasteiger partial charge < -0.3 is 18.9 Å². The quantitative estimate of drug-likeness (QED) is 0.574. The van der Waals surface area contributed by atoms with Crippen molar-refractivity contribution in [3.63, 3.8) is 0 Å². The molecule has 3 rings (SSSR count). The van der Waals surface area contributed by atoms with Crippen LogP contribution >= 0.6 is 15.9 Å². The lowest BCUT2D eigenvalue weighted by molar-refractivity contribution is -0.153. The second-order valence-electron chi connectivity index (χ2n) is 8.28. The Kier molecular flexibility index (Phi) is 6.71. The first-order chi connectivity index (χ1) is 13.7. The number of ether oxygens (including phenoxy) is 2. The highest BCUT2D eigenvalue weighted by atomic mass is 79.9. The molecule has 1 amide bonds. The Balaban J connectivity index is 1.63. The molecule has 0 bridgehead atoms. The average Bonchev–Trinajstić information content (AvgIpc) is 3.43.